The average Bonchev–Trinajstić information content (AvgIpc) is 3.16. The van der Waals surface area contributed by atoms with E-state index < -0.39 is 24.0 Å². The number of urea groups is 1. The largest absolute Gasteiger partial charge is 0.466 e. The zero-order valence-corrected chi connectivity index (χ0v) is 14.1. The summed E-state index contributed by atoms with van der Waals surface area (Å²) in [7, 11) is 1.27. The summed E-state index contributed by atoms with van der Waals surface area (Å²) >= 11 is 0. The maximum atomic E-state index is 12.1. The molecule has 134 valence electrons. The number of hydrogen-bond acceptors (Lipinski definition) is 6. The van der Waals surface area contributed by atoms with Crippen LogP contribution in [0.1, 0.15) is 29.1 Å². The van der Waals surface area contributed by atoms with Crippen molar-refractivity contribution in [1.82, 2.24) is 10.6 Å². The third-order valence-electron chi connectivity index (χ3n) is 3.82. The second-order valence-electron chi connectivity index (χ2n) is 5.50. The van der Waals surface area contributed by atoms with Gasteiger partial charge >= 0.3 is 18.0 Å². The summed E-state index contributed by atoms with van der Waals surface area (Å²) in [5.74, 6) is -0.779. The van der Waals surface area contributed by atoms with Crippen molar-refractivity contribution >= 4 is 18.0 Å². The molecule has 1 atom stereocenters. The fraction of sp³-hybridized carbons (Fsp3) is 0.167. The van der Waals surface area contributed by atoms with E-state index in [0.29, 0.717) is 22.6 Å². The lowest BCUT2D eigenvalue weighted by molar-refractivity contribution is -0.136. The van der Waals surface area contributed by atoms with Crippen molar-refractivity contribution < 1.29 is 28.3 Å². The van der Waals surface area contributed by atoms with Gasteiger partial charge in [0.1, 0.15) is 5.75 Å². The van der Waals surface area contributed by atoms with E-state index in [9.17, 15) is 14.4 Å². The summed E-state index contributed by atoms with van der Waals surface area (Å²) in [6.07, 6.45) is 1.38. The molecule has 3 rings (SSSR count). The lowest BCUT2D eigenvalue weighted by Crippen LogP contribution is -2.45. The fourth-order valence-corrected chi connectivity index (χ4v) is 2.60. The highest BCUT2D eigenvalue weighted by molar-refractivity contribution is 5.95. The maximum Gasteiger partial charge on any atom is 0.379 e. The minimum atomic E-state index is -0.675. The fourth-order valence-electron chi connectivity index (χ4n) is 2.60. The average molecular weight is 356 g/mol. The summed E-state index contributed by atoms with van der Waals surface area (Å²) in [6.45, 7) is 1.62. The lowest BCUT2D eigenvalue weighted by atomic mass is 9.95. The van der Waals surface area contributed by atoms with Crippen LogP contribution in [0.3, 0.4) is 0 Å². The summed E-state index contributed by atoms with van der Waals surface area (Å²) < 4.78 is 15.0. The predicted molar refractivity (Wildman–Crippen MR) is 89.2 cm³/mol. The number of allylic oxidation sites excluding steroid dienone is 1. The summed E-state index contributed by atoms with van der Waals surface area (Å²) in [6, 6.07) is 8.41. The molecule has 2 amide bonds. The predicted octanol–water partition coefficient (Wildman–Crippen LogP) is 2.30. The Bertz CT molecular complexity index is 868. The highest BCUT2D eigenvalue weighted by atomic mass is 16.5. The summed E-state index contributed by atoms with van der Waals surface area (Å²) in [4.78, 5) is 35.7. The van der Waals surface area contributed by atoms with Crippen molar-refractivity contribution in [3.8, 4) is 5.75 Å². The van der Waals surface area contributed by atoms with Crippen LogP contribution in [0.15, 0.2) is 58.3 Å². The van der Waals surface area contributed by atoms with Crippen LogP contribution >= 0.6 is 0 Å². The molecule has 2 N–H and O–H groups in total. The quantitative estimate of drug-likeness (QED) is 0.643. The Labute approximate surface area is 148 Å². The molecule has 0 aliphatic carbocycles. The molecule has 1 aromatic heterocycles. The molecule has 0 fully saturated rings. The molecule has 8 heteroatoms. The number of carbonyl (C=O) groups is 3. The Balaban J connectivity index is 1.82. The van der Waals surface area contributed by atoms with Crippen molar-refractivity contribution in [2.24, 2.45) is 0 Å². The van der Waals surface area contributed by atoms with E-state index in [1.165, 1.54) is 19.4 Å². The molecule has 1 aliphatic heterocycles. The van der Waals surface area contributed by atoms with Crippen molar-refractivity contribution in [2.75, 3.05) is 7.11 Å². The number of ether oxygens (including phenoxy) is 2. The van der Waals surface area contributed by atoms with Gasteiger partial charge in [-0.05, 0) is 36.8 Å². The number of hydrogen-bond donors (Lipinski definition) is 2. The van der Waals surface area contributed by atoms with Gasteiger partial charge in [0.05, 0.1) is 25.0 Å². The summed E-state index contributed by atoms with van der Waals surface area (Å²) in [5, 5.41) is 5.23. The highest BCUT2D eigenvalue weighted by Crippen LogP contribution is 2.28. The van der Waals surface area contributed by atoms with Gasteiger partial charge < -0.3 is 24.5 Å². The van der Waals surface area contributed by atoms with Gasteiger partial charge in [-0.3, -0.25) is 0 Å². The Morgan fingerprint density at radius 3 is 2.46 bits per heavy atom. The molecule has 0 saturated carbocycles. The number of carbonyl (C=O) groups excluding carboxylic acids is 3. The molecule has 1 aromatic carbocycles. The third-order valence-corrected chi connectivity index (χ3v) is 3.82. The van der Waals surface area contributed by atoms with Gasteiger partial charge in [0.15, 0.2) is 0 Å². The standard InChI is InChI=1S/C18H16N2O6/c1-10-14(17(22)24-2)15(20-18(23)19-10)11-5-7-12(8-6-11)26-16(21)13-4-3-9-25-13/h3-9,15H,1-2H3,(H2,19,20,23)/t15-/m0/s1. The molecule has 0 unspecified atom stereocenters. The van der Waals surface area contributed by atoms with Crippen LogP contribution < -0.4 is 15.4 Å². The SMILES string of the molecule is COC(=O)C1=C(C)NC(=O)N[C@H]1c1ccc(OC(=O)c2ccco2)cc1. The zero-order valence-electron chi connectivity index (χ0n) is 14.1. The molecule has 0 spiro atoms. The Morgan fingerprint density at radius 1 is 1.12 bits per heavy atom. The smallest absolute Gasteiger partial charge is 0.379 e. The number of rotatable bonds is 4. The highest BCUT2D eigenvalue weighted by Gasteiger charge is 2.31. The first-order valence-electron chi connectivity index (χ1n) is 7.72. The number of esters is 2. The maximum absolute atomic E-state index is 12.1. The van der Waals surface area contributed by atoms with Gasteiger partial charge in [0.2, 0.25) is 5.76 Å². The topological polar surface area (TPSA) is 107 Å². The van der Waals surface area contributed by atoms with Crippen LogP contribution in [0.25, 0.3) is 0 Å². The molecular formula is C18H16N2O6. The van der Waals surface area contributed by atoms with Gasteiger partial charge in [-0.2, -0.15) is 0 Å². The van der Waals surface area contributed by atoms with Crippen LogP contribution in [-0.4, -0.2) is 25.1 Å². The number of nitrogens with one attached hydrogen (secondary N) is 2. The van der Waals surface area contributed by atoms with Crippen LogP contribution in [0.4, 0.5) is 4.79 Å². The van der Waals surface area contributed by atoms with Crippen LogP contribution in [-0.2, 0) is 9.53 Å². The first-order valence-corrected chi connectivity index (χ1v) is 7.72. The molecule has 8 nitrogen and oxygen atoms in total. The molecule has 1 aliphatic rings. The van der Waals surface area contributed by atoms with Gasteiger partial charge in [-0.1, -0.05) is 12.1 Å². The second-order valence-corrected chi connectivity index (χ2v) is 5.50. The molecule has 2 heterocycles. The summed E-state index contributed by atoms with van der Waals surface area (Å²) in [5.41, 5.74) is 1.35. The van der Waals surface area contributed by atoms with Crippen molar-refractivity contribution in [3.05, 3.63) is 65.3 Å². The third kappa shape index (κ3) is 3.44. The monoisotopic (exact) mass is 356 g/mol. The molecule has 0 saturated heterocycles. The van der Waals surface area contributed by atoms with E-state index in [0.717, 1.165) is 0 Å². The van der Waals surface area contributed by atoms with E-state index in [1.54, 1.807) is 37.3 Å². The van der Waals surface area contributed by atoms with Gasteiger partial charge in [-0.25, -0.2) is 14.4 Å². The van der Waals surface area contributed by atoms with Crippen LogP contribution in [0, 0.1) is 0 Å². The second kappa shape index (κ2) is 7.14. The molecule has 2 aromatic rings. The van der Waals surface area contributed by atoms with Gasteiger partial charge in [0, 0.05) is 5.70 Å². The van der Waals surface area contributed by atoms with E-state index in [2.05, 4.69) is 10.6 Å². The minimum absolute atomic E-state index is 0.0891. The van der Waals surface area contributed by atoms with Crippen molar-refractivity contribution in [3.63, 3.8) is 0 Å². The normalized spacial score (nSPS) is 16.5. The molecule has 0 bridgehead atoms. The van der Waals surface area contributed by atoms with E-state index in [4.69, 9.17) is 13.9 Å². The molecule has 26 heavy (non-hydrogen) atoms. The number of furan rings is 1. The van der Waals surface area contributed by atoms with E-state index >= 15 is 0 Å². The Kier molecular flexibility index (Phi) is 4.74. The first-order chi connectivity index (χ1) is 12.5. The zero-order chi connectivity index (χ0) is 18.7. The Hall–Kier alpha value is -3.55. The molecular weight excluding hydrogens is 340 g/mol. The van der Waals surface area contributed by atoms with Crippen LogP contribution in [0.5, 0.6) is 5.75 Å². The Morgan fingerprint density at radius 2 is 1.85 bits per heavy atom. The van der Waals surface area contributed by atoms with Crippen LogP contribution in [0.2, 0.25) is 0 Å². The van der Waals surface area contributed by atoms with Gasteiger partial charge in [-0.15, -0.1) is 0 Å². The van der Waals surface area contributed by atoms with Crippen molar-refractivity contribution in [2.45, 2.75) is 13.0 Å². The number of benzene rings is 1. The first kappa shape index (κ1) is 17.3. The van der Waals surface area contributed by atoms with Crippen molar-refractivity contribution in [1.29, 1.82) is 0 Å². The molecule has 0 radical (unpaired) electrons. The minimum Gasteiger partial charge on any atom is -0.466 e. The number of methoxy groups -OCH3 is 1. The lowest BCUT2D eigenvalue weighted by Gasteiger charge is -2.27. The van der Waals surface area contributed by atoms with Gasteiger partial charge in [0.25, 0.3) is 0 Å². The van der Waals surface area contributed by atoms with E-state index in [1.807, 2.05) is 0 Å². The van der Waals surface area contributed by atoms with E-state index in [-0.39, 0.29) is 5.76 Å². The number of amides is 2.